The van der Waals surface area contributed by atoms with Crippen LogP contribution < -0.4 is 5.32 Å². The molecule has 0 aromatic heterocycles. The van der Waals surface area contributed by atoms with Crippen molar-refractivity contribution in [2.24, 2.45) is 5.16 Å². The van der Waals surface area contributed by atoms with E-state index in [1.165, 1.54) is 5.56 Å². The molecule has 4 nitrogen and oxygen atoms in total. The molecule has 4 heteroatoms. The Morgan fingerprint density at radius 2 is 1.59 bits per heavy atom. The number of amides is 1. The third-order valence-electron chi connectivity index (χ3n) is 5.98. The second-order valence-corrected chi connectivity index (χ2v) is 7.91. The average molecular weight is 382 g/mol. The molecule has 3 aromatic carbocycles. The number of aryl methyl sites for hydroxylation is 3. The van der Waals surface area contributed by atoms with Gasteiger partial charge in [0.05, 0.1) is 11.6 Å². The Bertz CT molecular complexity index is 1140. The van der Waals surface area contributed by atoms with Gasteiger partial charge in [-0.2, -0.15) is 0 Å². The SMILES string of the molecule is Cc1cc(C)c([C@H]2C(c3ccccc3)=NO[C@]23C(=O)Nc2ccccc23)c(C)c1. The van der Waals surface area contributed by atoms with E-state index in [-0.39, 0.29) is 11.8 Å². The second kappa shape index (κ2) is 6.31. The first kappa shape index (κ1) is 17.7. The predicted molar refractivity (Wildman–Crippen MR) is 114 cm³/mol. The molecule has 2 aliphatic heterocycles. The maximum atomic E-state index is 13.4. The number of carbonyl (C=O) groups excluding carboxylic acids is 1. The predicted octanol–water partition coefficient (Wildman–Crippen LogP) is 4.98. The standard InChI is InChI=1S/C25H22N2O2/c1-15-13-16(2)21(17(3)14-15)22-23(18-9-5-4-6-10-18)27-29-25(22)19-11-7-8-12-20(19)26-24(25)28/h4-14,22H,1-3H3,(H,26,28)/t22-,25-/m0/s1. The van der Waals surface area contributed by atoms with Gasteiger partial charge in [-0.25, -0.2) is 0 Å². The number of benzene rings is 3. The van der Waals surface area contributed by atoms with Crippen molar-refractivity contribution in [3.05, 3.63) is 100 Å². The van der Waals surface area contributed by atoms with Crippen LogP contribution in [0.2, 0.25) is 0 Å². The van der Waals surface area contributed by atoms with Crippen molar-refractivity contribution in [1.82, 2.24) is 0 Å². The Balaban J connectivity index is 1.80. The summed E-state index contributed by atoms with van der Waals surface area (Å²) in [5.74, 6) is -0.507. The number of rotatable bonds is 2. The summed E-state index contributed by atoms with van der Waals surface area (Å²) in [6.07, 6.45) is 0. The topological polar surface area (TPSA) is 50.7 Å². The Hall–Kier alpha value is -3.40. The first-order valence-electron chi connectivity index (χ1n) is 9.82. The van der Waals surface area contributed by atoms with E-state index in [4.69, 9.17) is 4.84 Å². The highest BCUT2D eigenvalue weighted by Crippen LogP contribution is 2.53. The van der Waals surface area contributed by atoms with Crippen molar-refractivity contribution in [3.63, 3.8) is 0 Å². The van der Waals surface area contributed by atoms with Crippen LogP contribution >= 0.6 is 0 Å². The van der Waals surface area contributed by atoms with Gasteiger partial charge in [-0.05, 0) is 43.5 Å². The van der Waals surface area contributed by atoms with E-state index < -0.39 is 5.60 Å². The molecule has 0 radical (unpaired) electrons. The number of nitrogens with zero attached hydrogens (tertiary/aromatic N) is 1. The highest BCUT2D eigenvalue weighted by molar-refractivity contribution is 6.15. The van der Waals surface area contributed by atoms with Crippen LogP contribution in [0, 0.1) is 20.8 Å². The Morgan fingerprint density at radius 3 is 2.31 bits per heavy atom. The van der Waals surface area contributed by atoms with E-state index in [2.05, 4.69) is 43.4 Å². The smallest absolute Gasteiger partial charge is 0.277 e. The van der Waals surface area contributed by atoms with Gasteiger partial charge in [0.2, 0.25) is 0 Å². The van der Waals surface area contributed by atoms with Crippen LogP contribution in [0.25, 0.3) is 0 Å². The molecule has 0 bridgehead atoms. The van der Waals surface area contributed by atoms with Crippen molar-refractivity contribution in [2.75, 3.05) is 5.32 Å². The van der Waals surface area contributed by atoms with Crippen LogP contribution in [0.5, 0.6) is 0 Å². The van der Waals surface area contributed by atoms with Gasteiger partial charge >= 0.3 is 0 Å². The lowest BCUT2D eigenvalue weighted by Gasteiger charge is -2.30. The maximum absolute atomic E-state index is 13.4. The molecule has 1 N–H and O–H groups in total. The number of nitrogens with one attached hydrogen (secondary N) is 1. The largest absolute Gasteiger partial charge is 0.373 e. The summed E-state index contributed by atoms with van der Waals surface area (Å²) < 4.78 is 0. The number of hydrogen-bond acceptors (Lipinski definition) is 3. The zero-order chi connectivity index (χ0) is 20.2. The summed E-state index contributed by atoms with van der Waals surface area (Å²) in [6.45, 7) is 6.29. The molecular formula is C25H22N2O2. The molecule has 144 valence electrons. The third kappa shape index (κ3) is 2.45. The molecule has 29 heavy (non-hydrogen) atoms. The highest BCUT2D eigenvalue weighted by Gasteiger charge is 2.61. The molecule has 0 aliphatic carbocycles. The summed E-state index contributed by atoms with van der Waals surface area (Å²) in [6, 6.07) is 22.0. The quantitative estimate of drug-likeness (QED) is 0.680. The lowest BCUT2D eigenvalue weighted by atomic mass is 9.72. The molecule has 2 atom stereocenters. The highest BCUT2D eigenvalue weighted by atomic mass is 16.7. The number of carbonyl (C=O) groups is 1. The minimum atomic E-state index is -1.20. The number of oxime groups is 1. The second-order valence-electron chi connectivity index (χ2n) is 7.91. The van der Waals surface area contributed by atoms with Crippen molar-refractivity contribution < 1.29 is 9.63 Å². The van der Waals surface area contributed by atoms with Crippen molar-refractivity contribution >= 4 is 17.3 Å². The third-order valence-corrected chi connectivity index (χ3v) is 5.98. The van der Waals surface area contributed by atoms with E-state index in [1.54, 1.807) is 0 Å². The summed E-state index contributed by atoms with van der Waals surface area (Å²) >= 11 is 0. The number of anilines is 1. The first-order valence-corrected chi connectivity index (χ1v) is 9.82. The fourth-order valence-corrected chi connectivity index (χ4v) is 4.86. The van der Waals surface area contributed by atoms with E-state index in [0.717, 1.165) is 39.2 Å². The van der Waals surface area contributed by atoms with E-state index in [9.17, 15) is 4.79 Å². The zero-order valence-electron chi connectivity index (χ0n) is 16.7. The fourth-order valence-electron chi connectivity index (χ4n) is 4.86. The van der Waals surface area contributed by atoms with E-state index in [1.807, 2.05) is 54.6 Å². The van der Waals surface area contributed by atoms with Crippen LogP contribution in [0.15, 0.2) is 71.9 Å². The molecule has 0 unspecified atom stereocenters. The molecule has 1 spiro atoms. The van der Waals surface area contributed by atoms with Crippen molar-refractivity contribution in [1.29, 1.82) is 0 Å². The van der Waals surface area contributed by atoms with Crippen molar-refractivity contribution in [2.45, 2.75) is 32.3 Å². The van der Waals surface area contributed by atoms with Crippen LogP contribution in [0.4, 0.5) is 5.69 Å². The summed E-state index contributed by atoms with van der Waals surface area (Å²) in [5, 5.41) is 7.52. The molecule has 1 amide bonds. The van der Waals surface area contributed by atoms with Gasteiger partial charge in [0, 0.05) is 16.8 Å². The van der Waals surface area contributed by atoms with Crippen LogP contribution in [0.1, 0.15) is 39.3 Å². The average Bonchev–Trinajstić information content (AvgIpc) is 3.22. The van der Waals surface area contributed by atoms with E-state index >= 15 is 0 Å². The van der Waals surface area contributed by atoms with Crippen LogP contribution in [0.3, 0.4) is 0 Å². The first-order chi connectivity index (χ1) is 14.0. The molecule has 3 aromatic rings. The fraction of sp³-hybridized carbons (Fsp3) is 0.200. The molecular weight excluding hydrogens is 360 g/mol. The van der Waals surface area contributed by atoms with Gasteiger partial charge in [-0.1, -0.05) is 71.4 Å². The number of para-hydroxylation sites is 1. The van der Waals surface area contributed by atoms with Gasteiger partial charge in [0.15, 0.2) is 0 Å². The Labute approximate surface area is 170 Å². The normalized spacial score (nSPS) is 22.2. The minimum absolute atomic E-state index is 0.169. The maximum Gasteiger partial charge on any atom is 0.277 e. The molecule has 0 saturated heterocycles. The molecule has 5 rings (SSSR count). The van der Waals surface area contributed by atoms with Crippen LogP contribution in [-0.4, -0.2) is 11.6 Å². The lowest BCUT2D eigenvalue weighted by molar-refractivity contribution is -0.139. The minimum Gasteiger partial charge on any atom is -0.373 e. The van der Waals surface area contributed by atoms with Gasteiger partial charge in [0.25, 0.3) is 11.5 Å². The monoisotopic (exact) mass is 382 g/mol. The number of hydrogen-bond donors (Lipinski definition) is 1. The zero-order valence-corrected chi connectivity index (χ0v) is 16.7. The summed E-state index contributed by atoms with van der Waals surface area (Å²) in [5.41, 5.74) is 6.74. The van der Waals surface area contributed by atoms with Gasteiger partial charge in [-0.15, -0.1) is 0 Å². The number of fused-ring (bicyclic) bond motifs is 2. The van der Waals surface area contributed by atoms with Gasteiger partial charge < -0.3 is 10.2 Å². The summed E-state index contributed by atoms with van der Waals surface area (Å²) in [4.78, 5) is 19.5. The molecule has 2 aliphatic rings. The summed E-state index contributed by atoms with van der Waals surface area (Å²) in [7, 11) is 0. The molecule has 2 heterocycles. The Morgan fingerprint density at radius 1 is 0.931 bits per heavy atom. The van der Waals surface area contributed by atoms with Gasteiger partial charge in [0.1, 0.15) is 0 Å². The Kier molecular flexibility index (Phi) is 3.85. The van der Waals surface area contributed by atoms with Gasteiger partial charge in [-0.3, -0.25) is 4.79 Å². The molecule has 0 saturated carbocycles. The lowest BCUT2D eigenvalue weighted by Crippen LogP contribution is -2.42. The van der Waals surface area contributed by atoms with Crippen molar-refractivity contribution in [3.8, 4) is 0 Å². The van der Waals surface area contributed by atoms with Crippen LogP contribution in [-0.2, 0) is 15.2 Å². The molecule has 0 fully saturated rings. The van der Waals surface area contributed by atoms with E-state index in [0.29, 0.717) is 0 Å².